The first kappa shape index (κ1) is 19.7. The monoisotopic (exact) mass is 404 g/mol. The van der Waals surface area contributed by atoms with Crippen LogP contribution in [-0.2, 0) is 13.1 Å². The van der Waals surface area contributed by atoms with Gasteiger partial charge >= 0.3 is 0 Å². The lowest BCUT2D eigenvalue weighted by Gasteiger charge is -2.08. The van der Waals surface area contributed by atoms with E-state index in [4.69, 9.17) is 5.73 Å². The molecule has 2 aromatic heterocycles. The number of anilines is 1. The van der Waals surface area contributed by atoms with E-state index in [2.05, 4.69) is 91.8 Å². The highest BCUT2D eigenvalue weighted by Gasteiger charge is 2.15. The van der Waals surface area contributed by atoms with E-state index in [9.17, 15) is 4.79 Å². The van der Waals surface area contributed by atoms with Crippen LogP contribution in [0.25, 0.3) is 10.9 Å². The molecule has 4 rings (SSSR count). The number of para-hydroxylation sites is 1. The zero-order valence-electron chi connectivity index (χ0n) is 16.8. The molecule has 0 spiro atoms. The summed E-state index contributed by atoms with van der Waals surface area (Å²) in [6.07, 6.45) is 2.20. The standard InChI is InChI=1S/C22H24N6O2/c1-15-6-2-3-7-16(15)13-28-14-17(18-8-4-5-9-19(18)28)12-24-10-11-25-22(29)20-21(23)27-30-26-20/h2-9,14,24H,10-13H2,1H3,(H2,23,27)(H,25,29). The molecule has 0 aliphatic carbocycles. The number of hydrogen-bond donors (Lipinski definition) is 3. The first-order valence-electron chi connectivity index (χ1n) is 9.81. The van der Waals surface area contributed by atoms with Gasteiger partial charge in [0, 0.05) is 43.3 Å². The van der Waals surface area contributed by atoms with Crippen molar-refractivity contribution >= 4 is 22.6 Å². The molecular weight excluding hydrogens is 380 g/mol. The van der Waals surface area contributed by atoms with Crippen LogP contribution in [-0.4, -0.2) is 33.9 Å². The number of amides is 1. The van der Waals surface area contributed by atoms with Gasteiger partial charge in [-0.1, -0.05) is 42.5 Å². The van der Waals surface area contributed by atoms with Gasteiger partial charge < -0.3 is 20.9 Å². The third kappa shape index (κ3) is 4.18. The van der Waals surface area contributed by atoms with E-state index in [1.165, 1.54) is 27.6 Å². The Balaban J connectivity index is 1.38. The molecule has 0 atom stereocenters. The summed E-state index contributed by atoms with van der Waals surface area (Å²) in [5.74, 6) is -0.410. The smallest absolute Gasteiger partial charge is 0.277 e. The van der Waals surface area contributed by atoms with Crippen LogP contribution < -0.4 is 16.4 Å². The third-order valence-corrected chi connectivity index (χ3v) is 5.10. The maximum Gasteiger partial charge on any atom is 0.277 e. The number of benzene rings is 2. The number of nitrogens with two attached hydrogens (primary N) is 1. The second-order valence-electron chi connectivity index (χ2n) is 7.16. The molecule has 8 heteroatoms. The fraction of sp³-hybridized carbons (Fsp3) is 0.227. The number of aryl methyl sites for hydroxylation is 1. The van der Waals surface area contributed by atoms with Crippen molar-refractivity contribution in [2.24, 2.45) is 0 Å². The van der Waals surface area contributed by atoms with Gasteiger partial charge in [-0.3, -0.25) is 4.79 Å². The number of fused-ring (bicyclic) bond motifs is 1. The lowest BCUT2D eigenvalue weighted by molar-refractivity contribution is 0.0944. The van der Waals surface area contributed by atoms with Gasteiger partial charge in [-0.15, -0.1) is 0 Å². The van der Waals surface area contributed by atoms with Crippen molar-refractivity contribution in [1.29, 1.82) is 0 Å². The number of nitrogens with one attached hydrogen (secondary N) is 2. The van der Waals surface area contributed by atoms with E-state index >= 15 is 0 Å². The molecule has 0 radical (unpaired) electrons. The molecule has 4 N–H and O–H groups in total. The summed E-state index contributed by atoms with van der Waals surface area (Å²) in [5, 5.41) is 14.2. The molecule has 0 fully saturated rings. The summed E-state index contributed by atoms with van der Waals surface area (Å²) < 4.78 is 6.73. The molecule has 0 unspecified atom stereocenters. The predicted molar refractivity (Wildman–Crippen MR) is 115 cm³/mol. The van der Waals surface area contributed by atoms with Crippen LogP contribution in [0.2, 0.25) is 0 Å². The van der Waals surface area contributed by atoms with Crippen LogP contribution in [0.4, 0.5) is 5.82 Å². The highest BCUT2D eigenvalue weighted by Crippen LogP contribution is 2.23. The largest absolute Gasteiger partial charge is 0.379 e. The zero-order chi connectivity index (χ0) is 20.9. The summed E-state index contributed by atoms with van der Waals surface area (Å²) in [6.45, 7) is 4.71. The molecule has 0 saturated heterocycles. The molecule has 4 aromatic rings. The fourth-order valence-corrected chi connectivity index (χ4v) is 3.49. The lowest BCUT2D eigenvalue weighted by Crippen LogP contribution is -2.32. The van der Waals surface area contributed by atoms with E-state index in [0.717, 1.165) is 6.54 Å². The summed E-state index contributed by atoms with van der Waals surface area (Å²) in [7, 11) is 0. The summed E-state index contributed by atoms with van der Waals surface area (Å²) >= 11 is 0. The van der Waals surface area contributed by atoms with Gasteiger partial charge in [-0.2, -0.15) is 0 Å². The molecule has 154 valence electrons. The average molecular weight is 404 g/mol. The number of nitrogens with zero attached hydrogens (tertiary/aromatic N) is 3. The van der Waals surface area contributed by atoms with Crippen LogP contribution in [0.1, 0.15) is 27.2 Å². The summed E-state index contributed by atoms with van der Waals surface area (Å²) in [4.78, 5) is 12.0. The van der Waals surface area contributed by atoms with E-state index in [1.807, 2.05) is 0 Å². The SMILES string of the molecule is Cc1ccccc1Cn1cc(CNCCNC(=O)c2nonc2N)c2ccccc21. The van der Waals surface area contributed by atoms with Gasteiger partial charge in [0.15, 0.2) is 0 Å². The Labute approximate surface area is 174 Å². The Kier molecular flexibility index (Phi) is 5.76. The van der Waals surface area contributed by atoms with E-state index < -0.39 is 5.91 Å². The molecule has 0 bridgehead atoms. The quantitative estimate of drug-likeness (QED) is 0.389. The lowest BCUT2D eigenvalue weighted by atomic mass is 10.1. The number of rotatable bonds is 8. The van der Waals surface area contributed by atoms with Gasteiger partial charge in [0.25, 0.3) is 5.91 Å². The van der Waals surface area contributed by atoms with Crippen molar-refractivity contribution in [1.82, 2.24) is 25.5 Å². The zero-order valence-corrected chi connectivity index (χ0v) is 16.8. The Morgan fingerprint density at radius 1 is 1.07 bits per heavy atom. The van der Waals surface area contributed by atoms with Gasteiger partial charge in [-0.25, -0.2) is 4.63 Å². The molecule has 0 aliphatic heterocycles. The number of aromatic nitrogens is 3. The molecule has 8 nitrogen and oxygen atoms in total. The number of nitrogen functional groups attached to an aromatic ring is 1. The minimum atomic E-state index is -0.398. The topological polar surface area (TPSA) is 111 Å². The normalized spacial score (nSPS) is 11.1. The van der Waals surface area contributed by atoms with Crippen molar-refractivity contribution in [3.63, 3.8) is 0 Å². The average Bonchev–Trinajstić information content (AvgIpc) is 3.33. The molecule has 0 aliphatic rings. The Bertz CT molecular complexity index is 1160. The Morgan fingerprint density at radius 3 is 2.67 bits per heavy atom. The summed E-state index contributed by atoms with van der Waals surface area (Å²) in [6, 6.07) is 16.9. The van der Waals surface area contributed by atoms with E-state index in [0.29, 0.717) is 19.6 Å². The van der Waals surface area contributed by atoms with Crippen molar-refractivity contribution in [2.75, 3.05) is 18.8 Å². The molecule has 30 heavy (non-hydrogen) atoms. The fourth-order valence-electron chi connectivity index (χ4n) is 3.49. The molecular formula is C22H24N6O2. The van der Waals surface area contributed by atoms with E-state index in [1.54, 1.807) is 0 Å². The first-order chi connectivity index (χ1) is 14.6. The second kappa shape index (κ2) is 8.79. The highest BCUT2D eigenvalue weighted by atomic mass is 16.6. The minimum absolute atomic E-state index is 0.00859. The van der Waals surface area contributed by atoms with Crippen LogP contribution in [0.3, 0.4) is 0 Å². The van der Waals surface area contributed by atoms with Crippen molar-refractivity contribution < 1.29 is 9.42 Å². The summed E-state index contributed by atoms with van der Waals surface area (Å²) in [5.41, 5.74) is 10.5. The van der Waals surface area contributed by atoms with Crippen molar-refractivity contribution in [3.05, 3.63) is 77.1 Å². The Morgan fingerprint density at radius 2 is 1.87 bits per heavy atom. The maximum atomic E-state index is 12.0. The third-order valence-electron chi connectivity index (χ3n) is 5.10. The molecule has 2 heterocycles. The van der Waals surface area contributed by atoms with Crippen molar-refractivity contribution in [3.8, 4) is 0 Å². The number of carbonyl (C=O) groups is 1. The van der Waals surface area contributed by atoms with E-state index in [-0.39, 0.29) is 11.5 Å². The van der Waals surface area contributed by atoms with Crippen LogP contribution >= 0.6 is 0 Å². The number of carbonyl (C=O) groups excluding carboxylic acids is 1. The minimum Gasteiger partial charge on any atom is -0.379 e. The molecule has 1 amide bonds. The van der Waals surface area contributed by atoms with Gasteiger partial charge in [0.2, 0.25) is 11.5 Å². The number of hydrogen-bond acceptors (Lipinski definition) is 6. The molecule has 2 aromatic carbocycles. The molecule has 0 saturated carbocycles. The predicted octanol–water partition coefficient (Wildman–Crippen LogP) is 2.48. The van der Waals surface area contributed by atoms with Gasteiger partial charge in [0.05, 0.1) is 0 Å². The maximum absolute atomic E-state index is 12.0. The van der Waals surface area contributed by atoms with Gasteiger partial charge in [0.1, 0.15) is 0 Å². The van der Waals surface area contributed by atoms with Gasteiger partial charge in [-0.05, 0) is 40.0 Å². The van der Waals surface area contributed by atoms with Crippen LogP contribution in [0.5, 0.6) is 0 Å². The van der Waals surface area contributed by atoms with Crippen LogP contribution in [0, 0.1) is 6.92 Å². The van der Waals surface area contributed by atoms with Crippen LogP contribution in [0.15, 0.2) is 59.4 Å². The first-order valence-corrected chi connectivity index (χ1v) is 9.81. The Hall–Kier alpha value is -3.65. The second-order valence-corrected chi connectivity index (χ2v) is 7.16. The van der Waals surface area contributed by atoms with Crippen molar-refractivity contribution in [2.45, 2.75) is 20.0 Å². The highest BCUT2D eigenvalue weighted by molar-refractivity contribution is 5.95.